The van der Waals surface area contributed by atoms with E-state index in [1.54, 1.807) is 7.11 Å². The second-order valence-corrected chi connectivity index (χ2v) is 13.9. The second-order valence-electron chi connectivity index (χ2n) is 8.84. The summed E-state index contributed by atoms with van der Waals surface area (Å²) in [5, 5.41) is 0.664. The van der Waals surface area contributed by atoms with E-state index in [1.165, 1.54) is 14.2 Å². The number of ether oxygens (including phenoxy) is 4. The molecule has 0 N–H and O–H groups in total. The SMILES string of the molecule is COCO[C@@H]1CCC[C@@H](C(C(=O)OC)C(=O)OC)[C@@]1(C)C[C@H](CBr)O[Si](C)(C)C. The van der Waals surface area contributed by atoms with Crippen LogP contribution in [0.25, 0.3) is 0 Å². The Morgan fingerprint density at radius 1 is 1.10 bits per heavy atom. The van der Waals surface area contributed by atoms with Crippen LogP contribution in [0.15, 0.2) is 0 Å². The molecule has 0 spiro atoms. The van der Waals surface area contributed by atoms with Gasteiger partial charge in [-0.15, -0.1) is 0 Å². The molecule has 9 heteroatoms. The minimum absolute atomic E-state index is 0.0585. The predicted octanol–water partition coefficient (Wildman–Crippen LogP) is 3.75. The number of hydrogen-bond donors (Lipinski definition) is 0. The van der Waals surface area contributed by atoms with Crippen molar-refractivity contribution in [1.82, 2.24) is 0 Å². The lowest BCUT2D eigenvalue weighted by atomic mass is 9.59. The van der Waals surface area contributed by atoms with Gasteiger partial charge in [-0.25, -0.2) is 0 Å². The number of alkyl halides is 1. The van der Waals surface area contributed by atoms with Crippen molar-refractivity contribution >= 4 is 36.2 Å². The Balaban J connectivity index is 3.34. The summed E-state index contributed by atoms with van der Waals surface area (Å²) >= 11 is 3.58. The molecule has 29 heavy (non-hydrogen) atoms. The highest BCUT2D eigenvalue weighted by Gasteiger charge is 2.53. The standard InChI is InChI=1S/C20H37BrO7Si/c1-20(11-14(12-21)28-29(5,6)7)15(9-8-10-16(20)27-13-24-2)17(18(22)25-3)19(23)26-4/h14-17H,8-13H2,1-7H3/t14-,15+,16-,20-/m1/s1. The molecule has 0 unspecified atom stereocenters. The van der Waals surface area contributed by atoms with Crippen molar-refractivity contribution in [3.63, 3.8) is 0 Å². The normalized spacial score (nSPS) is 26.2. The molecule has 0 aromatic rings. The fourth-order valence-electron chi connectivity index (χ4n) is 4.47. The molecule has 7 nitrogen and oxygen atoms in total. The van der Waals surface area contributed by atoms with Crippen molar-refractivity contribution in [3.8, 4) is 0 Å². The molecule has 1 aliphatic carbocycles. The lowest BCUT2D eigenvalue weighted by Gasteiger charge is -2.50. The second kappa shape index (κ2) is 11.8. The van der Waals surface area contributed by atoms with E-state index < -0.39 is 31.6 Å². The smallest absolute Gasteiger partial charge is 0.320 e. The van der Waals surface area contributed by atoms with Gasteiger partial charge in [-0.05, 0) is 44.8 Å². The van der Waals surface area contributed by atoms with E-state index in [2.05, 4.69) is 42.5 Å². The Morgan fingerprint density at radius 3 is 2.14 bits per heavy atom. The van der Waals surface area contributed by atoms with E-state index in [4.69, 9.17) is 23.4 Å². The lowest BCUT2D eigenvalue weighted by molar-refractivity contribution is -0.182. The van der Waals surface area contributed by atoms with Gasteiger partial charge in [0.15, 0.2) is 14.2 Å². The third-order valence-corrected chi connectivity index (χ3v) is 7.39. The first-order valence-corrected chi connectivity index (χ1v) is 14.6. The average Bonchev–Trinajstić information content (AvgIpc) is 2.66. The quantitative estimate of drug-likeness (QED) is 0.141. The third kappa shape index (κ3) is 7.31. The zero-order chi connectivity index (χ0) is 22.2. The highest BCUT2D eigenvalue weighted by molar-refractivity contribution is 9.09. The van der Waals surface area contributed by atoms with Crippen molar-refractivity contribution in [2.45, 2.75) is 64.5 Å². The van der Waals surface area contributed by atoms with E-state index in [0.29, 0.717) is 18.2 Å². The number of carbonyl (C=O) groups is 2. The molecule has 4 atom stereocenters. The number of esters is 2. The van der Waals surface area contributed by atoms with Gasteiger partial charge in [0.25, 0.3) is 0 Å². The molecule has 1 fully saturated rings. The molecule has 0 aliphatic heterocycles. The van der Waals surface area contributed by atoms with Gasteiger partial charge in [0.1, 0.15) is 6.79 Å². The number of hydrogen-bond acceptors (Lipinski definition) is 7. The molecule has 0 amide bonds. The van der Waals surface area contributed by atoms with Crippen LogP contribution < -0.4 is 0 Å². The highest BCUT2D eigenvalue weighted by Crippen LogP contribution is 2.50. The first kappa shape index (κ1) is 26.6. The number of halogens is 1. The van der Waals surface area contributed by atoms with Crippen LogP contribution in [0.3, 0.4) is 0 Å². The Bertz CT molecular complexity index is 523. The first-order valence-electron chi connectivity index (χ1n) is 10.0. The third-order valence-electron chi connectivity index (χ3n) is 5.62. The fourth-order valence-corrected chi connectivity index (χ4v) is 6.24. The van der Waals surface area contributed by atoms with Gasteiger partial charge in [0.2, 0.25) is 0 Å². The lowest BCUT2D eigenvalue weighted by Crippen LogP contribution is -2.53. The first-order chi connectivity index (χ1) is 13.5. The largest absolute Gasteiger partial charge is 0.468 e. The van der Waals surface area contributed by atoms with Crippen LogP contribution in [-0.2, 0) is 33.0 Å². The van der Waals surface area contributed by atoms with Crippen molar-refractivity contribution in [3.05, 3.63) is 0 Å². The molecule has 1 saturated carbocycles. The van der Waals surface area contributed by atoms with Crippen molar-refractivity contribution in [2.75, 3.05) is 33.5 Å². The molecular formula is C20H37BrO7Si. The Morgan fingerprint density at radius 2 is 1.69 bits per heavy atom. The molecule has 0 saturated heterocycles. The van der Waals surface area contributed by atoms with Crippen molar-refractivity contribution < 1.29 is 33.0 Å². The Labute approximate surface area is 184 Å². The molecular weight excluding hydrogens is 460 g/mol. The molecule has 1 rings (SSSR count). The summed E-state index contributed by atoms with van der Waals surface area (Å²) in [4.78, 5) is 25.2. The van der Waals surface area contributed by atoms with Crippen LogP contribution in [0.5, 0.6) is 0 Å². The number of rotatable bonds is 11. The Kier molecular flexibility index (Phi) is 10.8. The van der Waals surface area contributed by atoms with Crippen LogP contribution in [-0.4, -0.2) is 65.9 Å². The van der Waals surface area contributed by atoms with Gasteiger partial charge in [-0.1, -0.05) is 29.3 Å². The summed E-state index contributed by atoms with van der Waals surface area (Å²) in [5.41, 5.74) is -0.498. The minimum Gasteiger partial charge on any atom is -0.468 e. The summed E-state index contributed by atoms with van der Waals surface area (Å²) in [6.07, 6.45) is 2.79. The Hall–Kier alpha value is -0.483. The molecule has 1 aliphatic rings. The summed E-state index contributed by atoms with van der Waals surface area (Å²) in [6, 6.07) is 0. The van der Waals surface area contributed by atoms with E-state index in [9.17, 15) is 9.59 Å². The monoisotopic (exact) mass is 496 g/mol. The predicted molar refractivity (Wildman–Crippen MR) is 116 cm³/mol. The van der Waals surface area contributed by atoms with E-state index >= 15 is 0 Å². The maximum Gasteiger partial charge on any atom is 0.320 e. The molecule has 0 aromatic heterocycles. The number of methoxy groups -OCH3 is 3. The van der Waals surface area contributed by atoms with Gasteiger partial charge >= 0.3 is 11.9 Å². The van der Waals surface area contributed by atoms with Crippen LogP contribution in [0, 0.1) is 17.3 Å². The van der Waals surface area contributed by atoms with Gasteiger partial charge in [0, 0.05) is 17.9 Å². The zero-order valence-electron chi connectivity index (χ0n) is 18.8. The van der Waals surface area contributed by atoms with Gasteiger partial charge in [-0.3, -0.25) is 9.59 Å². The molecule has 0 aromatic carbocycles. The van der Waals surface area contributed by atoms with E-state index in [1.807, 2.05) is 0 Å². The fraction of sp³-hybridized carbons (Fsp3) is 0.900. The maximum atomic E-state index is 12.6. The topological polar surface area (TPSA) is 80.3 Å². The van der Waals surface area contributed by atoms with Gasteiger partial charge in [0.05, 0.1) is 26.4 Å². The van der Waals surface area contributed by atoms with E-state index in [0.717, 1.165) is 12.8 Å². The van der Waals surface area contributed by atoms with E-state index in [-0.39, 0.29) is 24.9 Å². The minimum atomic E-state index is -1.79. The van der Waals surface area contributed by atoms with Crippen LogP contribution in [0.1, 0.15) is 32.6 Å². The summed E-state index contributed by atoms with van der Waals surface area (Å²) in [5.74, 6) is -2.42. The van der Waals surface area contributed by atoms with Gasteiger partial charge in [-0.2, -0.15) is 0 Å². The molecule has 0 bridgehead atoms. The maximum absolute atomic E-state index is 12.6. The van der Waals surface area contributed by atoms with Crippen molar-refractivity contribution in [2.24, 2.45) is 17.3 Å². The van der Waals surface area contributed by atoms with Gasteiger partial charge < -0.3 is 23.4 Å². The van der Waals surface area contributed by atoms with Crippen molar-refractivity contribution in [1.29, 1.82) is 0 Å². The molecule has 0 heterocycles. The van der Waals surface area contributed by atoms with Crippen LogP contribution >= 0.6 is 15.9 Å². The van der Waals surface area contributed by atoms with Crippen LogP contribution in [0.2, 0.25) is 19.6 Å². The molecule has 170 valence electrons. The summed E-state index contributed by atoms with van der Waals surface area (Å²) < 4.78 is 27.5. The molecule has 0 radical (unpaired) electrons. The highest BCUT2D eigenvalue weighted by atomic mass is 79.9. The average molecular weight is 497 g/mol. The number of carbonyl (C=O) groups excluding carboxylic acids is 2. The zero-order valence-corrected chi connectivity index (χ0v) is 21.4. The summed E-state index contributed by atoms with van der Waals surface area (Å²) in [7, 11) is 2.39. The summed E-state index contributed by atoms with van der Waals surface area (Å²) in [6.45, 7) is 8.68. The van der Waals surface area contributed by atoms with Crippen LogP contribution in [0.4, 0.5) is 0 Å².